The number of likely N-dealkylation sites (tertiary alicyclic amines) is 1. The van der Waals surface area contributed by atoms with Crippen LogP contribution in [0.15, 0.2) is 77.3 Å². The molecule has 1 fully saturated rings. The maximum atomic E-state index is 11.9. The van der Waals surface area contributed by atoms with Crippen molar-refractivity contribution in [3.8, 4) is 17.0 Å². The van der Waals surface area contributed by atoms with Crippen LogP contribution in [-0.4, -0.2) is 36.3 Å². The Morgan fingerprint density at radius 3 is 2.48 bits per heavy atom. The molecular weight excluding hydrogens is 416 g/mol. The number of benzene rings is 3. The molecule has 1 aliphatic heterocycles. The van der Waals surface area contributed by atoms with Crippen molar-refractivity contribution in [2.24, 2.45) is 0 Å². The molecule has 6 nitrogen and oxygen atoms in total. The minimum absolute atomic E-state index is 0.147. The molecule has 0 saturated carbocycles. The molecule has 0 radical (unpaired) electrons. The Bertz CT molecular complexity index is 1240. The topological polar surface area (TPSA) is 64.8 Å². The molecule has 33 heavy (non-hydrogen) atoms. The van der Waals surface area contributed by atoms with E-state index in [0.29, 0.717) is 25.6 Å². The first kappa shape index (κ1) is 21.1. The Labute approximate surface area is 192 Å². The molecule has 0 atom stereocenters. The standard InChI is InChI=1S/C27H26N2O4/c1-31-27(30)29-15-13-21(14-16-29)25-24(23-12-11-20-9-5-6-10-22(20)17-23)26(28-33-25)32-18-19-7-3-2-4-8-19/h2-12,17,21H,13-16,18H2,1H3. The fraction of sp³-hybridized carbons (Fsp3) is 0.259. The molecule has 5 rings (SSSR count). The second kappa shape index (κ2) is 9.36. The van der Waals surface area contributed by atoms with E-state index in [1.165, 1.54) is 12.5 Å². The van der Waals surface area contributed by atoms with Gasteiger partial charge in [-0.3, -0.25) is 0 Å². The molecule has 1 aromatic heterocycles. The van der Waals surface area contributed by atoms with Gasteiger partial charge in [0.25, 0.3) is 5.88 Å². The highest BCUT2D eigenvalue weighted by Gasteiger charge is 2.31. The lowest BCUT2D eigenvalue weighted by atomic mass is 9.89. The molecule has 168 valence electrons. The Kier molecular flexibility index (Phi) is 5.98. The highest BCUT2D eigenvalue weighted by molar-refractivity contribution is 5.88. The lowest BCUT2D eigenvalue weighted by molar-refractivity contribution is 0.110. The average molecular weight is 443 g/mol. The van der Waals surface area contributed by atoms with Gasteiger partial charge in [-0.1, -0.05) is 66.7 Å². The van der Waals surface area contributed by atoms with Crippen molar-refractivity contribution in [1.82, 2.24) is 10.1 Å². The van der Waals surface area contributed by atoms with Gasteiger partial charge in [-0.15, -0.1) is 0 Å². The summed E-state index contributed by atoms with van der Waals surface area (Å²) in [5, 5.41) is 6.66. The number of hydrogen-bond acceptors (Lipinski definition) is 5. The van der Waals surface area contributed by atoms with Gasteiger partial charge in [-0.05, 0) is 46.0 Å². The fourth-order valence-corrected chi connectivity index (χ4v) is 4.45. The molecule has 6 heteroatoms. The molecule has 2 heterocycles. The van der Waals surface area contributed by atoms with Gasteiger partial charge in [-0.2, -0.15) is 0 Å². The third-order valence-corrected chi connectivity index (χ3v) is 6.24. The van der Waals surface area contributed by atoms with E-state index in [1.807, 2.05) is 42.5 Å². The second-order valence-corrected chi connectivity index (χ2v) is 8.29. The molecular formula is C27H26N2O4. The summed E-state index contributed by atoms with van der Waals surface area (Å²) < 4.78 is 16.9. The van der Waals surface area contributed by atoms with Crippen LogP contribution in [0.4, 0.5) is 4.79 Å². The first-order valence-electron chi connectivity index (χ1n) is 11.2. The van der Waals surface area contributed by atoms with Gasteiger partial charge in [0, 0.05) is 19.0 Å². The number of methoxy groups -OCH3 is 1. The molecule has 0 aliphatic carbocycles. The molecule has 4 aromatic rings. The zero-order valence-corrected chi connectivity index (χ0v) is 18.6. The van der Waals surface area contributed by atoms with Crippen molar-refractivity contribution in [2.75, 3.05) is 20.2 Å². The lowest BCUT2D eigenvalue weighted by Gasteiger charge is -2.30. The van der Waals surface area contributed by atoms with E-state index in [4.69, 9.17) is 14.0 Å². The molecule has 1 aliphatic rings. The van der Waals surface area contributed by atoms with Crippen LogP contribution in [0, 0.1) is 0 Å². The van der Waals surface area contributed by atoms with Gasteiger partial charge < -0.3 is 18.9 Å². The number of hydrogen-bond donors (Lipinski definition) is 0. The molecule has 3 aromatic carbocycles. The Balaban J connectivity index is 1.48. The third-order valence-electron chi connectivity index (χ3n) is 6.24. The predicted octanol–water partition coefficient (Wildman–Crippen LogP) is 6.02. The zero-order chi connectivity index (χ0) is 22.6. The van der Waals surface area contributed by atoms with E-state index >= 15 is 0 Å². The smallest absolute Gasteiger partial charge is 0.409 e. The summed E-state index contributed by atoms with van der Waals surface area (Å²) >= 11 is 0. The van der Waals surface area contributed by atoms with Gasteiger partial charge in [0.15, 0.2) is 5.76 Å². The first-order valence-corrected chi connectivity index (χ1v) is 11.2. The Hall–Kier alpha value is -3.80. The van der Waals surface area contributed by atoms with Crippen molar-refractivity contribution < 1.29 is 18.8 Å². The van der Waals surface area contributed by atoms with E-state index in [9.17, 15) is 4.79 Å². The number of fused-ring (bicyclic) bond motifs is 1. The number of carbonyl (C=O) groups excluding carboxylic acids is 1. The summed E-state index contributed by atoms with van der Waals surface area (Å²) in [6.45, 7) is 1.65. The maximum absolute atomic E-state index is 11.9. The molecule has 1 saturated heterocycles. The normalized spacial score (nSPS) is 14.4. The summed E-state index contributed by atoms with van der Waals surface area (Å²) in [5.74, 6) is 1.46. The number of piperidine rings is 1. The lowest BCUT2D eigenvalue weighted by Crippen LogP contribution is -2.37. The monoisotopic (exact) mass is 442 g/mol. The van der Waals surface area contributed by atoms with Crippen LogP contribution in [0.3, 0.4) is 0 Å². The van der Waals surface area contributed by atoms with Crippen LogP contribution in [0.25, 0.3) is 21.9 Å². The van der Waals surface area contributed by atoms with Crippen molar-refractivity contribution in [3.63, 3.8) is 0 Å². The number of rotatable bonds is 5. The zero-order valence-electron chi connectivity index (χ0n) is 18.6. The largest absolute Gasteiger partial charge is 0.470 e. The van der Waals surface area contributed by atoms with Crippen LogP contribution >= 0.6 is 0 Å². The highest BCUT2D eigenvalue weighted by atomic mass is 16.5. The first-order chi connectivity index (χ1) is 16.2. The fourth-order valence-electron chi connectivity index (χ4n) is 4.45. The summed E-state index contributed by atoms with van der Waals surface area (Å²) in [6, 6.07) is 24.7. The minimum atomic E-state index is -0.285. The Morgan fingerprint density at radius 2 is 1.73 bits per heavy atom. The summed E-state index contributed by atoms with van der Waals surface area (Å²) in [6.07, 6.45) is 1.28. The van der Waals surface area contributed by atoms with Gasteiger partial charge in [0.1, 0.15) is 6.61 Å². The average Bonchev–Trinajstić information content (AvgIpc) is 3.31. The summed E-state index contributed by atoms with van der Waals surface area (Å²) in [7, 11) is 1.42. The van der Waals surface area contributed by atoms with Crippen LogP contribution in [0.1, 0.15) is 30.1 Å². The second-order valence-electron chi connectivity index (χ2n) is 8.29. The van der Waals surface area contributed by atoms with E-state index in [2.05, 4.69) is 35.5 Å². The van der Waals surface area contributed by atoms with Crippen LogP contribution < -0.4 is 4.74 Å². The number of carbonyl (C=O) groups is 1. The van der Waals surface area contributed by atoms with Gasteiger partial charge in [0.05, 0.1) is 12.7 Å². The number of aromatic nitrogens is 1. The van der Waals surface area contributed by atoms with Crippen molar-refractivity contribution in [3.05, 3.63) is 84.1 Å². The number of amides is 1. The molecule has 1 amide bonds. The van der Waals surface area contributed by atoms with Crippen molar-refractivity contribution >= 4 is 16.9 Å². The van der Waals surface area contributed by atoms with Gasteiger partial charge in [-0.25, -0.2) is 4.79 Å². The quantitative estimate of drug-likeness (QED) is 0.378. The van der Waals surface area contributed by atoms with Crippen LogP contribution in [0.5, 0.6) is 5.88 Å². The molecule has 0 N–H and O–H groups in total. The number of ether oxygens (including phenoxy) is 2. The minimum Gasteiger partial charge on any atom is -0.470 e. The molecule has 0 spiro atoms. The van der Waals surface area contributed by atoms with Crippen molar-refractivity contribution in [1.29, 1.82) is 0 Å². The maximum Gasteiger partial charge on any atom is 0.409 e. The highest BCUT2D eigenvalue weighted by Crippen LogP contribution is 2.41. The predicted molar refractivity (Wildman–Crippen MR) is 126 cm³/mol. The van der Waals surface area contributed by atoms with Crippen LogP contribution in [-0.2, 0) is 11.3 Å². The summed E-state index contributed by atoms with van der Waals surface area (Å²) in [5.41, 5.74) is 2.98. The van der Waals surface area contributed by atoms with E-state index in [0.717, 1.165) is 40.7 Å². The van der Waals surface area contributed by atoms with E-state index in [1.54, 1.807) is 4.90 Å². The van der Waals surface area contributed by atoms with Crippen LogP contribution in [0.2, 0.25) is 0 Å². The number of nitrogens with zero attached hydrogens (tertiary/aromatic N) is 2. The van der Waals surface area contributed by atoms with E-state index in [-0.39, 0.29) is 12.0 Å². The van der Waals surface area contributed by atoms with E-state index < -0.39 is 0 Å². The van der Waals surface area contributed by atoms with Gasteiger partial charge in [0.2, 0.25) is 0 Å². The van der Waals surface area contributed by atoms with Crippen molar-refractivity contribution in [2.45, 2.75) is 25.4 Å². The molecule has 0 bridgehead atoms. The molecule has 0 unspecified atom stereocenters. The third kappa shape index (κ3) is 4.42. The SMILES string of the molecule is COC(=O)N1CCC(c2onc(OCc3ccccc3)c2-c2ccc3ccccc3c2)CC1. The van der Waals surface area contributed by atoms with Gasteiger partial charge >= 0.3 is 6.09 Å². The summed E-state index contributed by atoms with van der Waals surface area (Å²) in [4.78, 5) is 13.6. The Morgan fingerprint density at radius 1 is 1.00 bits per heavy atom.